The number of allylic oxidation sites excluding steroid dienone is 1. The molecule has 1 atom stereocenters. The Morgan fingerprint density at radius 2 is 1.87 bits per heavy atom. The van der Waals surface area contributed by atoms with Crippen LogP contribution in [0.15, 0.2) is 47.0 Å². The Labute approximate surface area is 172 Å². The van der Waals surface area contributed by atoms with Crippen molar-refractivity contribution in [3.63, 3.8) is 0 Å². The largest absolute Gasteiger partial charge is 0.323 e. The summed E-state index contributed by atoms with van der Waals surface area (Å²) >= 11 is 0.779. The molecule has 3 rings (SSSR count). The molecule has 1 aliphatic rings. The van der Waals surface area contributed by atoms with Gasteiger partial charge in [-0.25, -0.2) is 17.6 Å². The molecule has 5 nitrogen and oxygen atoms in total. The van der Waals surface area contributed by atoms with E-state index in [-0.39, 0.29) is 28.3 Å². The van der Waals surface area contributed by atoms with Crippen LogP contribution in [0.1, 0.15) is 17.9 Å². The molecule has 0 saturated carbocycles. The van der Waals surface area contributed by atoms with E-state index in [1.54, 1.807) is 6.07 Å². The number of nitrogens with one attached hydrogen (secondary N) is 2. The van der Waals surface area contributed by atoms with E-state index in [9.17, 15) is 32.4 Å². The zero-order valence-corrected chi connectivity index (χ0v) is 16.0. The lowest BCUT2D eigenvalue weighted by atomic mass is 9.87. The molecule has 2 N–H and O–H groups in total. The Hall–Kier alpha value is -3.32. The topological polar surface area (TPSA) is 82.0 Å². The Balaban J connectivity index is 1.78. The van der Waals surface area contributed by atoms with Gasteiger partial charge in [-0.1, -0.05) is 30.0 Å². The highest BCUT2D eigenvalue weighted by molar-refractivity contribution is 8.03. The second-order valence-corrected chi connectivity index (χ2v) is 7.23. The first kappa shape index (κ1) is 21.4. The number of carbonyl (C=O) groups is 2. The van der Waals surface area contributed by atoms with Gasteiger partial charge in [0, 0.05) is 12.3 Å². The molecular formula is C20H13F4N3O2S. The highest BCUT2D eigenvalue weighted by Crippen LogP contribution is 2.36. The molecule has 0 radical (unpaired) electrons. The number of amides is 2. The number of hydrogen-bond donors (Lipinski definition) is 2. The zero-order valence-electron chi connectivity index (χ0n) is 15.1. The molecule has 154 valence electrons. The molecule has 0 bridgehead atoms. The minimum atomic E-state index is -1.72. The Morgan fingerprint density at radius 1 is 1.13 bits per heavy atom. The molecule has 0 spiro atoms. The maximum Gasteiger partial charge on any atom is 0.234 e. The monoisotopic (exact) mass is 435 g/mol. The van der Waals surface area contributed by atoms with Crippen LogP contribution in [0.5, 0.6) is 0 Å². The van der Waals surface area contributed by atoms with Gasteiger partial charge in [-0.3, -0.25) is 9.59 Å². The van der Waals surface area contributed by atoms with Gasteiger partial charge >= 0.3 is 0 Å². The second kappa shape index (κ2) is 9.00. The second-order valence-electron chi connectivity index (χ2n) is 6.24. The fourth-order valence-electron chi connectivity index (χ4n) is 2.90. The predicted molar refractivity (Wildman–Crippen MR) is 102 cm³/mol. The number of carbonyl (C=O) groups excluding carboxylic acids is 2. The normalized spacial score (nSPS) is 16.1. The molecule has 0 aromatic heterocycles. The number of rotatable bonds is 5. The number of hydrogen-bond acceptors (Lipinski definition) is 4. The molecular weight excluding hydrogens is 422 g/mol. The number of nitriles is 1. The van der Waals surface area contributed by atoms with Gasteiger partial charge in [0.15, 0.2) is 17.5 Å². The zero-order chi connectivity index (χ0) is 21.8. The van der Waals surface area contributed by atoms with Crippen molar-refractivity contribution >= 4 is 29.3 Å². The number of anilines is 1. The summed E-state index contributed by atoms with van der Waals surface area (Å²) in [6.07, 6.45) is -0.139. The fraction of sp³-hybridized carbons (Fsp3) is 0.150. The molecule has 2 aromatic carbocycles. The van der Waals surface area contributed by atoms with E-state index in [4.69, 9.17) is 0 Å². The summed E-state index contributed by atoms with van der Waals surface area (Å²) in [5, 5.41) is 14.2. The van der Waals surface area contributed by atoms with E-state index in [1.165, 1.54) is 18.2 Å². The number of benzene rings is 2. The first-order chi connectivity index (χ1) is 14.3. The average Bonchev–Trinajstić information content (AvgIpc) is 2.72. The van der Waals surface area contributed by atoms with Crippen molar-refractivity contribution in [2.45, 2.75) is 12.3 Å². The van der Waals surface area contributed by atoms with Gasteiger partial charge in [0.25, 0.3) is 0 Å². The maximum atomic E-state index is 14.2. The van der Waals surface area contributed by atoms with Crippen molar-refractivity contribution in [3.05, 3.63) is 75.8 Å². The van der Waals surface area contributed by atoms with Crippen molar-refractivity contribution in [3.8, 4) is 6.07 Å². The number of halogens is 4. The highest BCUT2D eigenvalue weighted by Gasteiger charge is 2.31. The van der Waals surface area contributed by atoms with Crippen molar-refractivity contribution in [1.29, 1.82) is 5.26 Å². The van der Waals surface area contributed by atoms with E-state index >= 15 is 0 Å². The summed E-state index contributed by atoms with van der Waals surface area (Å²) in [6, 6.07) is 9.22. The molecule has 2 aromatic rings. The smallest absolute Gasteiger partial charge is 0.234 e. The van der Waals surface area contributed by atoms with Crippen LogP contribution >= 0.6 is 11.8 Å². The molecule has 10 heteroatoms. The van der Waals surface area contributed by atoms with Crippen LogP contribution in [-0.4, -0.2) is 17.6 Å². The van der Waals surface area contributed by atoms with E-state index in [1.807, 2.05) is 6.07 Å². The quantitative estimate of drug-likeness (QED) is 0.550. The summed E-state index contributed by atoms with van der Waals surface area (Å²) in [5.74, 6) is -7.66. The van der Waals surface area contributed by atoms with Crippen LogP contribution in [-0.2, 0) is 9.59 Å². The molecule has 0 unspecified atom stereocenters. The number of thioether (sulfide) groups is 1. The molecule has 1 aliphatic heterocycles. The van der Waals surface area contributed by atoms with Gasteiger partial charge in [-0.15, -0.1) is 0 Å². The van der Waals surface area contributed by atoms with Crippen molar-refractivity contribution < 1.29 is 27.2 Å². The van der Waals surface area contributed by atoms with E-state index in [0.717, 1.165) is 17.8 Å². The van der Waals surface area contributed by atoms with Gasteiger partial charge in [0.2, 0.25) is 11.8 Å². The Morgan fingerprint density at radius 3 is 2.57 bits per heavy atom. The molecule has 2 amide bonds. The third kappa shape index (κ3) is 4.46. The van der Waals surface area contributed by atoms with Crippen LogP contribution < -0.4 is 10.6 Å². The van der Waals surface area contributed by atoms with Gasteiger partial charge in [-0.2, -0.15) is 5.26 Å². The summed E-state index contributed by atoms with van der Waals surface area (Å²) in [6.45, 7) is 0. The third-order valence-corrected chi connectivity index (χ3v) is 5.31. The first-order valence-electron chi connectivity index (χ1n) is 8.56. The molecule has 30 heavy (non-hydrogen) atoms. The van der Waals surface area contributed by atoms with Crippen LogP contribution in [0.3, 0.4) is 0 Å². The van der Waals surface area contributed by atoms with Crippen molar-refractivity contribution in [2.75, 3.05) is 11.1 Å². The van der Waals surface area contributed by atoms with Crippen molar-refractivity contribution in [2.24, 2.45) is 0 Å². The van der Waals surface area contributed by atoms with E-state index in [0.29, 0.717) is 6.07 Å². The maximum absolute atomic E-state index is 14.2. The molecule has 1 heterocycles. The summed E-state index contributed by atoms with van der Waals surface area (Å²) < 4.78 is 54.1. The minimum absolute atomic E-state index is 0.0721. The van der Waals surface area contributed by atoms with Gasteiger partial charge in [0.05, 0.1) is 28.1 Å². The van der Waals surface area contributed by atoms with Crippen molar-refractivity contribution in [1.82, 2.24) is 5.32 Å². The van der Waals surface area contributed by atoms with E-state index < -0.39 is 46.7 Å². The molecule has 0 fully saturated rings. The Kier molecular flexibility index (Phi) is 6.42. The average molecular weight is 435 g/mol. The lowest BCUT2D eigenvalue weighted by Crippen LogP contribution is -2.31. The standard InChI is InChI=1S/C20H13F4N3O2S/c21-13-4-2-1-3-10(13)11-7-16(28)27-20(12(11)8-25)30-9-17(29)26-15-6-5-14(22)18(23)19(15)24/h1-6,11H,7,9H2,(H,26,29)(H,27,28)/t11-/m0/s1. The summed E-state index contributed by atoms with van der Waals surface area (Å²) in [5.41, 5.74) is -0.294. The highest BCUT2D eigenvalue weighted by atomic mass is 32.2. The van der Waals surface area contributed by atoms with Crippen LogP contribution in [0.25, 0.3) is 0 Å². The van der Waals surface area contributed by atoms with Crippen LogP contribution in [0.4, 0.5) is 23.2 Å². The first-order valence-corrected chi connectivity index (χ1v) is 9.55. The van der Waals surface area contributed by atoms with Crippen LogP contribution in [0, 0.1) is 34.6 Å². The summed E-state index contributed by atoms with van der Waals surface area (Å²) in [4.78, 5) is 24.2. The van der Waals surface area contributed by atoms with Gasteiger partial charge in [-0.05, 0) is 23.8 Å². The molecule has 0 aliphatic carbocycles. The lowest BCUT2D eigenvalue weighted by Gasteiger charge is -2.25. The van der Waals surface area contributed by atoms with Crippen LogP contribution in [0.2, 0.25) is 0 Å². The third-order valence-electron chi connectivity index (χ3n) is 4.29. The number of nitrogens with zero attached hydrogens (tertiary/aromatic N) is 1. The SMILES string of the molecule is N#CC1=C(SCC(=O)Nc2ccc(F)c(F)c2F)NC(=O)C[C@H]1c1ccccc1F. The fourth-order valence-corrected chi connectivity index (χ4v) is 3.78. The lowest BCUT2D eigenvalue weighted by molar-refractivity contribution is -0.121. The predicted octanol–water partition coefficient (Wildman–Crippen LogP) is 3.95. The van der Waals surface area contributed by atoms with E-state index in [2.05, 4.69) is 10.6 Å². The minimum Gasteiger partial charge on any atom is -0.323 e. The molecule has 0 saturated heterocycles. The Bertz CT molecular complexity index is 1100. The van der Waals surface area contributed by atoms with Gasteiger partial charge in [0.1, 0.15) is 5.82 Å². The van der Waals surface area contributed by atoms with Gasteiger partial charge < -0.3 is 10.6 Å². The summed E-state index contributed by atoms with van der Waals surface area (Å²) in [7, 11) is 0.